The molecule has 10 nitrogen and oxygen atoms in total. The molecule has 0 saturated heterocycles. The van der Waals surface area contributed by atoms with Crippen molar-refractivity contribution in [3.63, 3.8) is 0 Å². The van der Waals surface area contributed by atoms with Gasteiger partial charge >= 0.3 is 5.69 Å². The van der Waals surface area contributed by atoms with Crippen molar-refractivity contribution in [3.8, 4) is 23.1 Å². The van der Waals surface area contributed by atoms with Crippen molar-refractivity contribution in [2.75, 3.05) is 14.2 Å². The Morgan fingerprint density at radius 2 is 1.83 bits per heavy atom. The summed E-state index contributed by atoms with van der Waals surface area (Å²) in [7, 11) is 2.69. The van der Waals surface area contributed by atoms with E-state index in [4.69, 9.17) is 13.9 Å². The first-order chi connectivity index (χ1) is 17.0. The molecule has 0 radical (unpaired) electrons. The van der Waals surface area contributed by atoms with Crippen molar-refractivity contribution in [3.05, 3.63) is 92.8 Å². The molecular weight excluding hydrogens is 452 g/mol. The topological polar surface area (TPSA) is 122 Å². The van der Waals surface area contributed by atoms with E-state index in [0.717, 1.165) is 10.1 Å². The fraction of sp³-hybridized carbons (Fsp3) is 0.0800. The highest BCUT2D eigenvalue weighted by Crippen LogP contribution is 2.37. The first-order valence-corrected chi connectivity index (χ1v) is 10.5. The molecule has 0 amide bonds. The Bertz CT molecular complexity index is 1650. The summed E-state index contributed by atoms with van der Waals surface area (Å²) in [6, 6.07) is 18.9. The van der Waals surface area contributed by atoms with Gasteiger partial charge in [0.1, 0.15) is 5.58 Å². The van der Waals surface area contributed by atoms with Gasteiger partial charge in [-0.25, -0.2) is 4.98 Å². The van der Waals surface area contributed by atoms with E-state index >= 15 is 0 Å². The van der Waals surface area contributed by atoms with Crippen LogP contribution in [0.3, 0.4) is 0 Å². The minimum Gasteiger partial charge on any atom is -0.493 e. The van der Waals surface area contributed by atoms with E-state index in [2.05, 4.69) is 10.1 Å². The molecule has 174 valence electrons. The van der Waals surface area contributed by atoms with Crippen LogP contribution >= 0.6 is 0 Å². The van der Waals surface area contributed by atoms with E-state index in [1.165, 1.54) is 32.6 Å². The van der Waals surface area contributed by atoms with Crippen LogP contribution in [0.1, 0.15) is 5.56 Å². The highest BCUT2D eigenvalue weighted by molar-refractivity contribution is 5.85. The maximum Gasteiger partial charge on any atom is 0.315 e. The molecule has 0 N–H and O–H groups in total. The minimum absolute atomic E-state index is 0.0119. The third-order valence-corrected chi connectivity index (χ3v) is 5.40. The Labute approximate surface area is 197 Å². The average molecular weight is 470 g/mol. The second-order valence-electron chi connectivity index (χ2n) is 7.50. The minimum atomic E-state index is -0.581. The van der Waals surface area contributed by atoms with Gasteiger partial charge in [0.25, 0.3) is 5.56 Å². The molecule has 35 heavy (non-hydrogen) atoms. The molecule has 2 aromatic heterocycles. The molecule has 0 aliphatic heterocycles. The van der Waals surface area contributed by atoms with Crippen LogP contribution in [0.25, 0.3) is 33.5 Å². The number of nitrogens with zero attached hydrogens (tertiary/aromatic N) is 4. The van der Waals surface area contributed by atoms with E-state index < -0.39 is 10.5 Å². The van der Waals surface area contributed by atoms with Gasteiger partial charge in [-0.05, 0) is 30.3 Å². The highest BCUT2D eigenvalue weighted by atomic mass is 16.6. The predicted octanol–water partition coefficient (Wildman–Crippen LogP) is 4.62. The van der Waals surface area contributed by atoms with Crippen LogP contribution < -0.4 is 15.0 Å². The summed E-state index contributed by atoms with van der Waals surface area (Å²) in [4.78, 5) is 29.0. The standard InChI is InChI=1S/C25H18N4O6/c1-33-21-12-15(11-19(29(31)32)23(21)34-2)14-26-28-24(22-13-16-7-3-6-10-20(16)35-22)27-18-9-5-4-8-17(18)25(28)30/h3-14H,1-2H3. The monoisotopic (exact) mass is 470 g/mol. The van der Waals surface area contributed by atoms with E-state index in [1.54, 1.807) is 30.3 Å². The fourth-order valence-corrected chi connectivity index (χ4v) is 3.78. The lowest BCUT2D eigenvalue weighted by molar-refractivity contribution is -0.385. The van der Waals surface area contributed by atoms with Gasteiger partial charge in [0, 0.05) is 17.0 Å². The SMILES string of the molecule is COc1cc(C=Nn2c(-c3cc4ccccc4o3)nc3ccccc3c2=O)cc([N+](=O)[O-])c1OC. The van der Waals surface area contributed by atoms with Gasteiger partial charge in [0.05, 0.1) is 36.3 Å². The highest BCUT2D eigenvalue weighted by Gasteiger charge is 2.21. The third kappa shape index (κ3) is 3.86. The Kier molecular flexibility index (Phi) is 5.46. The molecule has 10 heteroatoms. The molecule has 0 spiro atoms. The molecule has 0 aliphatic carbocycles. The normalized spacial score (nSPS) is 11.4. The Balaban J connectivity index is 1.71. The number of ether oxygens (including phenoxy) is 2. The molecule has 0 atom stereocenters. The van der Waals surface area contributed by atoms with Gasteiger partial charge in [0.15, 0.2) is 11.5 Å². The van der Waals surface area contributed by atoms with E-state index in [1.807, 2.05) is 24.3 Å². The van der Waals surface area contributed by atoms with Crippen molar-refractivity contribution in [1.29, 1.82) is 0 Å². The van der Waals surface area contributed by atoms with Crippen molar-refractivity contribution >= 4 is 33.8 Å². The number of methoxy groups -OCH3 is 2. The van der Waals surface area contributed by atoms with Crippen molar-refractivity contribution < 1.29 is 18.8 Å². The number of aromatic nitrogens is 2. The molecule has 5 rings (SSSR count). The lowest BCUT2D eigenvalue weighted by Gasteiger charge is -2.09. The second-order valence-corrected chi connectivity index (χ2v) is 7.50. The first-order valence-electron chi connectivity index (χ1n) is 10.5. The molecule has 0 bridgehead atoms. The Morgan fingerprint density at radius 1 is 1.06 bits per heavy atom. The van der Waals surface area contributed by atoms with Crippen LogP contribution in [0.2, 0.25) is 0 Å². The number of hydrogen-bond acceptors (Lipinski definition) is 8. The lowest BCUT2D eigenvalue weighted by atomic mass is 10.2. The summed E-state index contributed by atoms with van der Waals surface area (Å²) in [6.07, 6.45) is 1.32. The number of benzene rings is 3. The molecule has 0 fully saturated rings. The largest absolute Gasteiger partial charge is 0.493 e. The van der Waals surface area contributed by atoms with E-state index in [-0.39, 0.29) is 23.0 Å². The molecule has 0 aliphatic rings. The summed E-state index contributed by atoms with van der Waals surface area (Å²) < 4.78 is 17.4. The summed E-state index contributed by atoms with van der Waals surface area (Å²) in [5.41, 5.74) is 0.731. The number of fused-ring (bicyclic) bond motifs is 2. The zero-order chi connectivity index (χ0) is 24.5. The van der Waals surface area contributed by atoms with Crippen LogP contribution in [-0.4, -0.2) is 35.0 Å². The van der Waals surface area contributed by atoms with Crippen LogP contribution in [0.4, 0.5) is 5.69 Å². The number of nitro benzene ring substituents is 1. The predicted molar refractivity (Wildman–Crippen MR) is 130 cm³/mol. The molecule has 5 aromatic rings. The zero-order valence-corrected chi connectivity index (χ0v) is 18.7. The van der Waals surface area contributed by atoms with Crippen LogP contribution in [-0.2, 0) is 0 Å². The summed E-state index contributed by atoms with van der Waals surface area (Å²) in [6.45, 7) is 0. The molecule has 3 aromatic carbocycles. The van der Waals surface area contributed by atoms with Crippen LogP contribution in [0.5, 0.6) is 11.5 Å². The van der Waals surface area contributed by atoms with Gasteiger partial charge in [-0.3, -0.25) is 14.9 Å². The smallest absolute Gasteiger partial charge is 0.315 e. The van der Waals surface area contributed by atoms with Crippen LogP contribution in [0, 0.1) is 10.1 Å². The fourth-order valence-electron chi connectivity index (χ4n) is 3.78. The molecule has 0 unspecified atom stereocenters. The molecular formula is C25H18N4O6. The Hall–Kier alpha value is -4.99. The quantitative estimate of drug-likeness (QED) is 0.202. The van der Waals surface area contributed by atoms with Crippen molar-refractivity contribution in [1.82, 2.24) is 9.66 Å². The lowest BCUT2D eigenvalue weighted by Crippen LogP contribution is -2.20. The first kappa shape index (κ1) is 21.8. The average Bonchev–Trinajstić information content (AvgIpc) is 3.31. The maximum absolute atomic E-state index is 13.4. The number of nitro groups is 1. The third-order valence-electron chi connectivity index (χ3n) is 5.40. The second kappa shape index (κ2) is 8.75. The number of rotatable bonds is 6. The van der Waals surface area contributed by atoms with Crippen LogP contribution in [0.15, 0.2) is 81.0 Å². The zero-order valence-electron chi connectivity index (χ0n) is 18.7. The van der Waals surface area contributed by atoms with Crippen molar-refractivity contribution in [2.24, 2.45) is 5.10 Å². The van der Waals surface area contributed by atoms with Gasteiger partial charge in [-0.15, -0.1) is 0 Å². The molecule has 0 saturated carbocycles. The summed E-state index contributed by atoms with van der Waals surface area (Å²) >= 11 is 0. The molecule has 2 heterocycles. The van der Waals surface area contributed by atoms with Gasteiger partial charge in [-0.1, -0.05) is 30.3 Å². The van der Waals surface area contributed by atoms with E-state index in [9.17, 15) is 14.9 Å². The van der Waals surface area contributed by atoms with Gasteiger partial charge in [-0.2, -0.15) is 9.78 Å². The number of hydrogen-bond donors (Lipinski definition) is 0. The van der Waals surface area contributed by atoms with Gasteiger partial charge in [0.2, 0.25) is 11.6 Å². The number of para-hydroxylation sites is 2. The maximum atomic E-state index is 13.4. The van der Waals surface area contributed by atoms with E-state index in [0.29, 0.717) is 27.8 Å². The Morgan fingerprint density at radius 3 is 2.57 bits per heavy atom. The summed E-state index contributed by atoms with van der Waals surface area (Å²) in [5.74, 6) is 0.687. The number of furan rings is 1. The summed E-state index contributed by atoms with van der Waals surface area (Å²) in [5, 5.41) is 17.1. The van der Waals surface area contributed by atoms with Crippen molar-refractivity contribution in [2.45, 2.75) is 0 Å². The van der Waals surface area contributed by atoms with Gasteiger partial charge < -0.3 is 13.9 Å².